The minimum atomic E-state index is -2.53. The van der Waals surface area contributed by atoms with E-state index >= 15 is 0 Å². The fourth-order valence-corrected chi connectivity index (χ4v) is 6.12. The molecule has 0 aliphatic heterocycles. The Balaban J connectivity index is 1.72. The van der Waals surface area contributed by atoms with Gasteiger partial charge >= 0.3 is 0 Å². The number of anilines is 1. The molecule has 1 fully saturated rings. The van der Waals surface area contributed by atoms with Crippen LogP contribution in [0.3, 0.4) is 0 Å². The fraction of sp³-hybridized carbons (Fsp3) is 0.385. The van der Waals surface area contributed by atoms with Gasteiger partial charge in [-0.1, -0.05) is 6.07 Å². The van der Waals surface area contributed by atoms with E-state index in [2.05, 4.69) is 4.98 Å². The van der Waals surface area contributed by atoms with E-state index in [9.17, 15) is 34.8 Å². The molecule has 0 radical (unpaired) electrons. The van der Waals surface area contributed by atoms with Crippen molar-refractivity contribution in [3.8, 4) is 16.9 Å². The van der Waals surface area contributed by atoms with Crippen LogP contribution >= 0.6 is 0 Å². The van der Waals surface area contributed by atoms with Crippen LogP contribution in [0.15, 0.2) is 41.9 Å². The minimum absolute atomic E-state index is 0.0188. The van der Waals surface area contributed by atoms with Crippen molar-refractivity contribution >= 4 is 23.2 Å². The van der Waals surface area contributed by atoms with Gasteiger partial charge in [0, 0.05) is 54.8 Å². The fourth-order valence-electron chi connectivity index (χ4n) is 6.12. The molecule has 10 heteroatoms. The van der Waals surface area contributed by atoms with Crippen molar-refractivity contribution in [3.05, 3.63) is 53.1 Å². The highest BCUT2D eigenvalue weighted by molar-refractivity contribution is 6.17. The summed E-state index contributed by atoms with van der Waals surface area (Å²) in [7, 11) is 3.62. The second-order valence-electron chi connectivity index (χ2n) is 10.0. The van der Waals surface area contributed by atoms with Gasteiger partial charge in [-0.2, -0.15) is 0 Å². The molecule has 0 spiro atoms. The van der Waals surface area contributed by atoms with E-state index in [0.29, 0.717) is 22.4 Å². The van der Waals surface area contributed by atoms with Crippen LogP contribution in [0.25, 0.3) is 11.1 Å². The van der Waals surface area contributed by atoms with Crippen LogP contribution in [0.4, 0.5) is 5.69 Å². The molecule has 0 bridgehead atoms. The largest absolute Gasteiger partial charge is 0.508 e. The van der Waals surface area contributed by atoms with Crippen LogP contribution in [0.5, 0.6) is 5.75 Å². The maximum Gasteiger partial charge on any atom is 0.230 e. The average Bonchev–Trinajstić information content (AvgIpc) is 2.81. The number of allylic oxidation sites excluding steroid dienone is 1. The number of hydrogen-bond acceptors (Lipinski definition) is 9. The molecule has 10 nitrogen and oxygen atoms in total. The summed E-state index contributed by atoms with van der Waals surface area (Å²) in [5.41, 5.74) is 4.81. The number of pyridine rings is 1. The highest BCUT2D eigenvalue weighted by atomic mass is 16.3. The van der Waals surface area contributed by atoms with E-state index in [1.165, 1.54) is 0 Å². The molecule has 36 heavy (non-hydrogen) atoms. The number of nitrogens with zero attached hydrogens (tertiary/aromatic N) is 2. The predicted molar refractivity (Wildman–Crippen MR) is 128 cm³/mol. The number of benzene rings is 1. The minimum Gasteiger partial charge on any atom is -0.508 e. The molecule has 5 atom stereocenters. The van der Waals surface area contributed by atoms with Gasteiger partial charge in [0.15, 0.2) is 17.2 Å². The summed E-state index contributed by atoms with van der Waals surface area (Å²) in [5.74, 6) is -7.25. The molecule has 0 saturated heterocycles. The van der Waals surface area contributed by atoms with Crippen LogP contribution in [-0.2, 0) is 16.0 Å². The Labute approximate surface area is 206 Å². The maximum absolute atomic E-state index is 13.9. The van der Waals surface area contributed by atoms with Gasteiger partial charge in [-0.05, 0) is 42.9 Å². The third-order valence-electron chi connectivity index (χ3n) is 7.82. The van der Waals surface area contributed by atoms with Crippen LogP contribution in [0.1, 0.15) is 28.8 Å². The number of carbonyl (C=O) groups excluding carboxylic acids is 3. The summed E-state index contributed by atoms with van der Waals surface area (Å²) in [4.78, 5) is 44.8. The first kappa shape index (κ1) is 24.0. The van der Waals surface area contributed by atoms with Gasteiger partial charge in [-0.3, -0.25) is 19.4 Å². The third-order valence-corrected chi connectivity index (χ3v) is 7.82. The third kappa shape index (κ3) is 3.17. The smallest absolute Gasteiger partial charge is 0.230 e. The van der Waals surface area contributed by atoms with Gasteiger partial charge in [-0.15, -0.1) is 0 Å². The number of phenols is 1. The zero-order chi connectivity index (χ0) is 26.1. The number of nitrogens with two attached hydrogens (primary N) is 1. The Morgan fingerprint density at radius 3 is 2.56 bits per heavy atom. The summed E-state index contributed by atoms with van der Waals surface area (Å²) >= 11 is 0. The number of aromatic hydroxyl groups is 1. The van der Waals surface area contributed by atoms with Crippen molar-refractivity contribution < 1.29 is 34.8 Å². The van der Waals surface area contributed by atoms with Crippen molar-refractivity contribution in [2.75, 3.05) is 19.0 Å². The number of aliphatic hydroxyl groups excluding tert-OH is 2. The quantitative estimate of drug-likeness (QED) is 0.389. The molecule has 6 N–H and O–H groups in total. The topological polar surface area (TPSA) is 174 Å². The molecule has 2 unspecified atom stereocenters. The number of aromatic nitrogens is 1. The van der Waals surface area contributed by atoms with Gasteiger partial charge < -0.3 is 31.1 Å². The Morgan fingerprint density at radius 1 is 1.22 bits per heavy atom. The molecular formula is C26H27N3O7. The molecule has 1 heterocycles. The van der Waals surface area contributed by atoms with Crippen molar-refractivity contribution in [3.63, 3.8) is 0 Å². The standard InChI is InChI=1S/C26H27N3O7/c1-29(2)16-9-14(11-4-3-5-28-10-11)21(31)19-15(16)7-12-6-13-8-17(30)20(25(27)35)24(34)26(13,36)23(33)18(12)22(19)32/h3-5,9-10,12-13,17,20,30-31,33,36H,6-8H2,1-2H3,(H2,27,35)/t12-,13+,17?,20?,26+/m1/s1. The highest BCUT2D eigenvalue weighted by Gasteiger charge is 2.62. The Bertz CT molecular complexity index is 1340. The molecule has 1 aromatic heterocycles. The molecule has 2 aromatic rings. The van der Waals surface area contributed by atoms with Gasteiger partial charge in [-0.25, -0.2) is 0 Å². The highest BCUT2D eigenvalue weighted by Crippen LogP contribution is 2.53. The van der Waals surface area contributed by atoms with E-state index in [0.717, 1.165) is 0 Å². The number of rotatable bonds is 3. The normalized spacial score (nSPS) is 29.3. The van der Waals surface area contributed by atoms with Crippen LogP contribution in [0.2, 0.25) is 0 Å². The SMILES string of the molecule is CN(C)c1cc(-c2cccnc2)c(O)c2c1C[C@H]1C[C@H]3CC(O)C(C(N)=O)C(=O)[C@@]3(O)C(O)=C1C2=O. The zero-order valence-electron chi connectivity index (χ0n) is 19.8. The monoisotopic (exact) mass is 493 g/mol. The summed E-state index contributed by atoms with van der Waals surface area (Å²) in [6.07, 6.45) is 1.97. The number of hydrogen-bond donors (Lipinski definition) is 5. The Hall–Kier alpha value is -3.76. The molecule has 1 saturated carbocycles. The van der Waals surface area contributed by atoms with Crippen molar-refractivity contribution in [1.29, 1.82) is 0 Å². The molecule has 5 rings (SSSR count). The van der Waals surface area contributed by atoms with Crippen LogP contribution < -0.4 is 10.6 Å². The summed E-state index contributed by atoms with van der Waals surface area (Å²) < 4.78 is 0. The first-order valence-electron chi connectivity index (χ1n) is 11.7. The molecule has 1 aromatic carbocycles. The molecule has 1 amide bonds. The van der Waals surface area contributed by atoms with Gasteiger partial charge in [0.2, 0.25) is 5.91 Å². The van der Waals surface area contributed by atoms with Gasteiger partial charge in [0.05, 0.1) is 11.7 Å². The van der Waals surface area contributed by atoms with Crippen molar-refractivity contribution in [2.24, 2.45) is 23.5 Å². The lowest BCUT2D eigenvalue weighted by atomic mass is 9.57. The van der Waals surface area contributed by atoms with E-state index in [-0.39, 0.29) is 36.1 Å². The van der Waals surface area contributed by atoms with Crippen molar-refractivity contribution in [2.45, 2.75) is 31.0 Å². The maximum atomic E-state index is 13.9. The number of primary amides is 1. The molecule has 3 aliphatic rings. The van der Waals surface area contributed by atoms with E-state index in [1.54, 1.807) is 30.6 Å². The lowest BCUT2D eigenvalue weighted by Gasteiger charge is -2.48. The Kier molecular flexibility index (Phi) is 5.42. The van der Waals surface area contributed by atoms with E-state index < -0.39 is 52.7 Å². The number of phenolic OH excluding ortho intramolecular Hbond substituents is 1. The van der Waals surface area contributed by atoms with Crippen LogP contribution in [0, 0.1) is 17.8 Å². The first-order valence-corrected chi connectivity index (χ1v) is 11.7. The molecular weight excluding hydrogens is 466 g/mol. The second-order valence-corrected chi connectivity index (χ2v) is 10.0. The lowest BCUT2D eigenvalue weighted by Crippen LogP contribution is -2.63. The summed E-state index contributed by atoms with van der Waals surface area (Å²) in [5, 5.41) is 44.3. The number of amides is 1. The second kappa shape index (κ2) is 8.14. The predicted octanol–water partition coefficient (Wildman–Crippen LogP) is 0.873. The van der Waals surface area contributed by atoms with E-state index in [1.807, 2.05) is 19.0 Å². The zero-order valence-corrected chi connectivity index (χ0v) is 19.8. The summed E-state index contributed by atoms with van der Waals surface area (Å²) in [6.45, 7) is 0. The van der Waals surface area contributed by atoms with E-state index in [4.69, 9.17) is 5.73 Å². The number of aliphatic hydroxyl groups is 3. The lowest BCUT2D eigenvalue weighted by molar-refractivity contribution is -0.167. The van der Waals surface area contributed by atoms with Gasteiger partial charge in [0.25, 0.3) is 0 Å². The van der Waals surface area contributed by atoms with Crippen LogP contribution in [-0.4, -0.2) is 68.7 Å². The number of fused-ring (bicyclic) bond motifs is 3. The number of Topliss-reactive ketones (excluding diaryl/α,β-unsaturated/α-hetero) is 2. The van der Waals surface area contributed by atoms with Crippen molar-refractivity contribution in [1.82, 2.24) is 4.98 Å². The first-order chi connectivity index (χ1) is 17.0. The number of carbonyl (C=O) groups is 3. The van der Waals surface area contributed by atoms with Gasteiger partial charge in [0.1, 0.15) is 17.4 Å². The summed E-state index contributed by atoms with van der Waals surface area (Å²) in [6, 6.07) is 5.22. The Morgan fingerprint density at radius 2 is 1.94 bits per heavy atom. The molecule has 3 aliphatic carbocycles. The molecule has 188 valence electrons. The number of ketones is 2. The average molecular weight is 494 g/mol.